The molecule has 0 spiro atoms. The van der Waals surface area contributed by atoms with Gasteiger partial charge in [-0.3, -0.25) is 14.4 Å². The van der Waals surface area contributed by atoms with Gasteiger partial charge in [0.15, 0.2) is 0 Å². The van der Waals surface area contributed by atoms with Crippen molar-refractivity contribution in [1.82, 2.24) is 19.6 Å². The normalized spacial score (nSPS) is 21.2. The summed E-state index contributed by atoms with van der Waals surface area (Å²) in [5.74, 6) is 0.634. The topological polar surface area (TPSA) is 50.6 Å². The predicted molar refractivity (Wildman–Crippen MR) is 116 cm³/mol. The second-order valence-corrected chi connectivity index (χ2v) is 8.45. The molecular formula is C23H23ClN4O2. The summed E-state index contributed by atoms with van der Waals surface area (Å²) in [7, 11) is 3.76. The fraction of sp³-hybridized carbons (Fsp3) is 0.304. The fourth-order valence-corrected chi connectivity index (χ4v) is 4.56. The molecule has 0 N–H and O–H groups in total. The number of aryl methyl sites for hydroxylation is 1. The van der Waals surface area contributed by atoms with E-state index in [0.29, 0.717) is 11.3 Å². The van der Waals surface area contributed by atoms with E-state index >= 15 is 0 Å². The van der Waals surface area contributed by atoms with Gasteiger partial charge >= 0.3 is 0 Å². The smallest absolute Gasteiger partial charge is 0.257 e. The molecule has 1 fully saturated rings. The van der Waals surface area contributed by atoms with Crippen molar-refractivity contribution in [3.8, 4) is 16.9 Å². The van der Waals surface area contributed by atoms with E-state index in [-0.39, 0.29) is 18.1 Å². The summed E-state index contributed by atoms with van der Waals surface area (Å²) >= 11 is 6.35. The number of fused-ring (bicyclic) bond motifs is 2. The number of hydrogen-bond acceptors (Lipinski definition) is 4. The van der Waals surface area contributed by atoms with Crippen LogP contribution in [0.4, 0.5) is 0 Å². The van der Waals surface area contributed by atoms with Crippen LogP contribution in [0.15, 0.2) is 54.9 Å². The van der Waals surface area contributed by atoms with Crippen LogP contribution in [0.25, 0.3) is 11.1 Å². The molecule has 5 rings (SSSR count). The van der Waals surface area contributed by atoms with Gasteiger partial charge in [-0.25, -0.2) is 0 Å². The highest BCUT2D eigenvalue weighted by Gasteiger charge is 2.42. The van der Waals surface area contributed by atoms with Crippen LogP contribution >= 0.6 is 11.6 Å². The third-order valence-corrected chi connectivity index (χ3v) is 6.38. The van der Waals surface area contributed by atoms with Crippen LogP contribution in [0.1, 0.15) is 15.9 Å². The second-order valence-electron chi connectivity index (χ2n) is 8.04. The molecule has 1 saturated heterocycles. The fourth-order valence-electron chi connectivity index (χ4n) is 4.37. The van der Waals surface area contributed by atoms with Crippen molar-refractivity contribution in [2.75, 3.05) is 20.1 Å². The van der Waals surface area contributed by atoms with Crippen LogP contribution in [-0.4, -0.2) is 57.8 Å². The van der Waals surface area contributed by atoms with E-state index in [4.69, 9.17) is 16.3 Å². The first kappa shape index (κ1) is 19.2. The molecule has 154 valence electrons. The number of hydrogen-bond donors (Lipinski definition) is 0. The summed E-state index contributed by atoms with van der Waals surface area (Å²) in [4.78, 5) is 17.3. The van der Waals surface area contributed by atoms with E-state index < -0.39 is 0 Å². The minimum Gasteiger partial charge on any atom is -0.486 e. The van der Waals surface area contributed by atoms with Gasteiger partial charge in [-0.05, 0) is 29.3 Å². The van der Waals surface area contributed by atoms with E-state index in [1.54, 1.807) is 4.68 Å². The molecule has 2 aliphatic heterocycles. The standard InChI is InChI=1S/C23H23ClN4O2/c1-26-11-17(10-25-26)15-7-8-18-21(9-15)30-22-14-28(13-20(22)27(2)23(18)29)12-16-5-3-4-6-19(16)24/h3-11,20,22H,12-14H2,1-2H3. The Hall–Kier alpha value is -2.83. The largest absolute Gasteiger partial charge is 0.486 e. The van der Waals surface area contributed by atoms with E-state index in [2.05, 4.69) is 10.00 Å². The highest BCUT2D eigenvalue weighted by molar-refractivity contribution is 6.31. The first-order chi connectivity index (χ1) is 14.5. The molecule has 0 saturated carbocycles. The minimum absolute atomic E-state index is 0.00479. The number of carbonyl (C=O) groups is 1. The monoisotopic (exact) mass is 422 g/mol. The van der Waals surface area contributed by atoms with E-state index in [1.165, 1.54) is 0 Å². The molecule has 30 heavy (non-hydrogen) atoms. The zero-order valence-electron chi connectivity index (χ0n) is 17.0. The average Bonchev–Trinajstić information content (AvgIpc) is 3.32. The Morgan fingerprint density at radius 3 is 2.73 bits per heavy atom. The SMILES string of the molecule is CN1C(=O)c2ccc(-c3cnn(C)c3)cc2OC2CN(Cc3ccccc3Cl)CC21. The lowest BCUT2D eigenvalue weighted by Crippen LogP contribution is -2.44. The van der Waals surface area contributed by atoms with Gasteiger partial charge in [0, 0.05) is 50.5 Å². The molecule has 0 aliphatic carbocycles. The lowest BCUT2D eigenvalue weighted by atomic mass is 10.1. The molecule has 6 nitrogen and oxygen atoms in total. The van der Waals surface area contributed by atoms with Gasteiger partial charge in [-0.15, -0.1) is 0 Å². The van der Waals surface area contributed by atoms with Crippen molar-refractivity contribution < 1.29 is 9.53 Å². The molecule has 2 aromatic carbocycles. The van der Waals surface area contributed by atoms with E-state index in [9.17, 15) is 4.79 Å². The van der Waals surface area contributed by atoms with Crippen LogP contribution in [0.3, 0.4) is 0 Å². The van der Waals surface area contributed by atoms with Gasteiger partial charge in [-0.2, -0.15) is 5.10 Å². The van der Waals surface area contributed by atoms with Gasteiger partial charge in [-0.1, -0.05) is 35.9 Å². The Labute approximate surface area is 180 Å². The number of benzene rings is 2. The van der Waals surface area contributed by atoms with Crippen molar-refractivity contribution in [2.24, 2.45) is 7.05 Å². The summed E-state index contributed by atoms with van der Waals surface area (Å²) < 4.78 is 8.19. The average molecular weight is 423 g/mol. The number of likely N-dealkylation sites (tertiary alicyclic amines) is 1. The van der Waals surface area contributed by atoms with Crippen LogP contribution in [0, 0.1) is 0 Å². The molecular weight excluding hydrogens is 400 g/mol. The van der Waals surface area contributed by atoms with Gasteiger partial charge in [0.25, 0.3) is 5.91 Å². The molecule has 1 amide bonds. The highest BCUT2D eigenvalue weighted by Crippen LogP contribution is 2.34. The lowest BCUT2D eigenvalue weighted by Gasteiger charge is -2.25. The minimum atomic E-state index is -0.0909. The Morgan fingerprint density at radius 2 is 1.97 bits per heavy atom. The maximum atomic E-state index is 13.1. The molecule has 3 heterocycles. The molecule has 0 radical (unpaired) electrons. The van der Waals surface area contributed by atoms with Crippen molar-refractivity contribution >= 4 is 17.5 Å². The van der Waals surface area contributed by atoms with Crippen LogP contribution < -0.4 is 4.74 Å². The Morgan fingerprint density at radius 1 is 1.13 bits per heavy atom. The van der Waals surface area contributed by atoms with Crippen LogP contribution in [0.2, 0.25) is 5.02 Å². The first-order valence-electron chi connectivity index (χ1n) is 10.0. The number of likely N-dealkylation sites (N-methyl/N-ethyl adjacent to an activating group) is 1. The molecule has 1 aromatic heterocycles. The molecule has 2 unspecified atom stereocenters. The maximum Gasteiger partial charge on any atom is 0.257 e. The zero-order chi connectivity index (χ0) is 20.8. The van der Waals surface area contributed by atoms with E-state index in [0.717, 1.165) is 41.3 Å². The maximum absolute atomic E-state index is 13.1. The van der Waals surface area contributed by atoms with Gasteiger partial charge in [0.2, 0.25) is 0 Å². The first-order valence-corrected chi connectivity index (χ1v) is 10.4. The molecule has 0 bridgehead atoms. The summed E-state index contributed by atoms with van der Waals surface area (Å²) in [6, 6.07) is 13.7. The van der Waals surface area contributed by atoms with Crippen molar-refractivity contribution in [3.63, 3.8) is 0 Å². The Kier molecular flexibility index (Phi) is 4.76. The summed E-state index contributed by atoms with van der Waals surface area (Å²) in [6.07, 6.45) is 3.68. The van der Waals surface area contributed by atoms with Gasteiger partial charge in [0.05, 0.1) is 17.8 Å². The van der Waals surface area contributed by atoms with Crippen molar-refractivity contribution in [2.45, 2.75) is 18.7 Å². The van der Waals surface area contributed by atoms with Crippen LogP contribution in [-0.2, 0) is 13.6 Å². The van der Waals surface area contributed by atoms with Gasteiger partial charge < -0.3 is 9.64 Å². The third kappa shape index (κ3) is 3.36. The van der Waals surface area contributed by atoms with Crippen molar-refractivity contribution in [3.05, 3.63) is 71.0 Å². The number of carbonyl (C=O) groups excluding carboxylic acids is 1. The second kappa shape index (κ2) is 7.45. The molecule has 3 aromatic rings. The Bertz CT molecular complexity index is 1110. The van der Waals surface area contributed by atoms with E-state index in [1.807, 2.05) is 73.9 Å². The number of aromatic nitrogens is 2. The quantitative estimate of drug-likeness (QED) is 0.648. The van der Waals surface area contributed by atoms with Gasteiger partial charge in [0.1, 0.15) is 11.9 Å². The number of amides is 1. The number of nitrogens with zero attached hydrogens (tertiary/aromatic N) is 4. The number of halogens is 1. The number of ether oxygens (including phenoxy) is 1. The molecule has 2 aliphatic rings. The third-order valence-electron chi connectivity index (χ3n) is 6.01. The van der Waals surface area contributed by atoms with Crippen LogP contribution in [0.5, 0.6) is 5.75 Å². The molecule has 2 atom stereocenters. The predicted octanol–water partition coefficient (Wildman–Crippen LogP) is 3.46. The number of rotatable bonds is 3. The van der Waals surface area contributed by atoms with Crippen molar-refractivity contribution in [1.29, 1.82) is 0 Å². The highest BCUT2D eigenvalue weighted by atomic mass is 35.5. The zero-order valence-corrected chi connectivity index (χ0v) is 17.7. The summed E-state index contributed by atoms with van der Waals surface area (Å²) in [5.41, 5.74) is 3.68. The Balaban J connectivity index is 1.42. The summed E-state index contributed by atoms with van der Waals surface area (Å²) in [6.45, 7) is 2.23. The summed E-state index contributed by atoms with van der Waals surface area (Å²) in [5, 5.41) is 5.01. The lowest BCUT2D eigenvalue weighted by molar-refractivity contribution is 0.0682. The molecule has 7 heteroatoms.